The van der Waals surface area contributed by atoms with Gasteiger partial charge in [0.25, 0.3) is 0 Å². The van der Waals surface area contributed by atoms with Crippen LogP contribution in [0.4, 0.5) is 0 Å². The number of nitrogens with one attached hydrogen (secondary N) is 1. The Hall–Kier alpha value is -0.0900. The fourth-order valence-corrected chi connectivity index (χ4v) is 1.64. The molecular weight excluding hydrogens is 273 g/mol. The molecule has 0 heterocycles. The van der Waals surface area contributed by atoms with Gasteiger partial charge in [-0.2, -0.15) is 0 Å². The van der Waals surface area contributed by atoms with Gasteiger partial charge in [-0.1, -0.05) is 12.1 Å². The zero-order valence-electron chi connectivity index (χ0n) is 8.02. The molecule has 0 unspecified atom stereocenters. The van der Waals surface area contributed by atoms with E-state index in [0.29, 0.717) is 0 Å². The fourth-order valence-electron chi connectivity index (χ4n) is 1.28. The molecule has 0 aromatic heterocycles. The first-order chi connectivity index (χ1) is 6.33. The molecule has 0 fully saturated rings. The van der Waals surface area contributed by atoms with E-state index in [4.69, 9.17) is 0 Å². The van der Waals surface area contributed by atoms with Crippen LogP contribution in [0, 0.1) is 3.57 Å². The van der Waals surface area contributed by atoms with Crippen LogP contribution in [0.1, 0.15) is 18.4 Å². The zero-order chi connectivity index (χ0) is 9.52. The SMILES string of the molecule is CNCCCCc1ccc(I)cc1. The van der Waals surface area contributed by atoms with Gasteiger partial charge in [0.05, 0.1) is 0 Å². The summed E-state index contributed by atoms with van der Waals surface area (Å²) in [4.78, 5) is 0. The van der Waals surface area contributed by atoms with Crippen LogP contribution in [0.3, 0.4) is 0 Å². The second-order valence-electron chi connectivity index (χ2n) is 3.19. The Morgan fingerprint density at radius 3 is 2.46 bits per heavy atom. The predicted molar refractivity (Wildman–Crippen MR) is 66.0 cm³/mol. The highest BCUT2D eigenvalue weighted by molar-refractivity contribution is 14.1. The van der Waals surface area contributed by atoms with E-state index in [1.54, 1.807) is 0 Å². The Morgan fingerprint density at radius 2 is 1.85 bits per heavy atom. The van der Waals surface area contributed by atoms with E-state index < -0.39 is 0 Å². The summed E-state index contributed by atoms with van der Waals surface area (Å²) in [6.07, 6.45) is 3.75. The molecule has 2 heteroatoms. The standard InChI is InChI=1S/C11H16IN/c1-13-9-3-2-4-10-5-7-11(12)8-6-10/h5-8,13H,2-4,9H2,1H3. The second-order valence-corrected chi connectivity index (χ2v) is 4.43. The number of hydrogen-bond acceptors (Lipinski definition) is 1. The highest BCUT2D eigenvalue weighted by Gasteiger charge is 1.92. The predicted octanol–water partition coefficient (Wildman–Crippen LogP) is 2.83. The topological polar surface area (TPSA) is 12.0 Å². The number of benzene rings is 1. The average Bonchev–Trinajstić information content (AvgIpc) is 2.15. The third kappa shape index (κ3) is 4.62. The van der Waals surface area contributed by atoms with Gasteiger partial charge in [0.1, 0.15) is 0 Å². The van der Waals surface area contributed by atoms with E-state index >= 15 is 0 Å². The van der Waals surface area contributed by atoms with E-state index in [2.05, 4.69) is 52.2 Å². The van der Waals surface area contributed by atoms with Crippen LogP contribution in [0.2, 0.25) is 0 Å². The van der Waals surface area contributed by atoms with Crippen LogP contribution in [0.25, 0.3) is 0 Å². The van der Waals surface area contributed by atoms with Crippen molar-refractivity contribution in [3.8, 4) is 0 Å². The Labute approximate surface area is 94.1 Å². The molecular formula is C11H16IN. The maximum atomic E-state index is 3.16. The summed E-state index contributed by atoms with van der Waals surface area (Å²) in [6.45, 7) is 1.13. The maximum Gasteiger partial charge on any atom is 0.0130 e. The summed E-state index contributed by atoms with van der Waals surface area (Å²) >= 11 is 2.34. The van der Waals surface area contributed by atoms with Gasteiger partial charge in [-0.25, -0.2) is 0 Å². The first-order valence-electron chi connectivity index (χ1n) is 4.72. The molecule has 0 saturated heterocycles. The van der Waals surface area contributed by atoms with Crippen molar-refractivity contribution in [2.24, 2.45) is 0 Å². The molecule has 1 nitrogen and oxygen atoms in total. The molecule has 1 aromatic carbocycles. The quantitative estimate of drug-likeness (QED) is 0.649. The van der Waals surface area contributed by atoms with Crippen LogP contribution >= 0.6 is 22.6 Å². The minimum Gasteiger partial charge on any atom is -0.320 e. The van der Waals surface area contributed by atoms with Crippen molar-refractivity contribution in [1.29, 1.82) is 0 Å². The summed E-state index contributed by atoms with van der Waals surface area (Å²) in [6, 6.07) is 8.80. The molecule has 1 rings (SSSR count). The van der Waals surface area contributed by atoms with Crippen molar-refractivity contribution >= 4 is 22.6 Å². The maximum absolute atomic E-state index is 3.16. The van der Waals surface area contributed by atoms with Crippen LogP contribution in [0.5, 0.6) is 0 Å². The lowest BCUT2D eigenvalue weighted by Gasteiger charge is -2.01. The van der Waals surface area contributed by atoms with Crippen molar-refractivity contribution in [3.05, 3.63) is 33.4 Å². The summed E-state index contributed by atoms with van der Waals surface area (Å²) in [5, 5.41) is 3.16. The largest absolute Gasteiger partial charge is 0.320 e. The summed E-state index contributed by atoms with van der Waals surface area (Å²) < 4.78 is 1.32. The monoisotopic (exact) mass is 289 g/mol. The molecule has 1 N–H and O–H groups in total. The van der Waals surface area contributed by atoms with Gasteiger partial charge in [0.2, 0.25) is 0 Å². The van der Waals surface area contributed by atoms with Gasteiger partial charge in [-0.15, -0.1) is 0 Å². The normalized spacial score (nSPS) is 10.3. The van der Waals surface area contributed by atoms with Crippen LogP contribution < -0.4 is 5.32 Å². The minimum atomic E-state index is 1.13. The van der Waals surface area contributed by atoms with Gasteiger partial charge < -0.3 is 5.32 Å². The summed E-state index contributed by atoms with van der Waals surface area (Å²) in [5.74, 6) is 0. The fraction of sp³-hybridized carbons (Fsp3) is 0.455. The first kappa shape index (κ1) is 11.0. The Morgan fingerprint density at radius 1 is 1.15 bits per heavy atom. The molecule has 0 amide bonds. The number of aryl methyl sites for hydroxylation is 1. The van der Waals surface area contributed by atoms with Crippen LogP contribution in [0.15, 0.2) is 24.3 Å². The highest BCUT2D eigenvalue weighted by atomic mass is 127. The van der Waals surface area contributed by atoms with Gasteiger partial charge >= 0.3 is 0 Å². The number of rotatable bonds is 5. The number of unbranched alkanes of at least 4 members (excludes halogenated alkanes) is 1. The molecule has 13 heavy (non-hydrogen) atoms. The first-order valence-corrected chi connectivity index (χ1v) is 5.80. The molecule has 0 bridgehead atoms. The second kappa shape index (κ2) is 6.38. The van der Waals surface area contributed by atoms with Crippen LogP contribution in [-0.2, 0) is 6.42 Å². The molecule has 72 valence electrons. The molecule has 0 aliphatic carbocycles. The molecule has 0 spiro atoms. The minimum absolute atomic E-state index is 1.13. The Balaban J connectivity index is 2.25. The van der Waals surface area contributed by atoms with E-state index in [0.717, 1.165) is 6.54 Å². The van der Waals surface area contributed by atoms with Gasteiger partial charge in [-0.05, 0) is 73.1 Å². The van der Waals surface area contributed by atoms with Crippen LogP contribution in [-0.4, -0.2) is 13.6 Å². The van der Waals surface area contributed by atoms with Crippen molar-refractivity contribution < 1.29 is 0 Å². The Kier molecular flexibility index (Phi) is 5.39. The van der Waals surface area contributed by atoms with Gasteiger partial charge in [0, 0.05) is 3.57 Å². The third-order valence-electron chi connectivity index (χ3n) is 2.06. The molecule has 0 aliphatic rings. The van der Waals surface area contributed by atoms with Crippen molar-refractivity contribution in [2.75, 3.05) is 13.6 Å². The van der Waals surface area contributed by atoms with E-state index in [1.165, 1.54) is 28.4 Å². The highest BCUT2D eigenvalue weighted by Crippen LogP contribution is 2.09. The lowest BCUT2D eigenvalue weighted by Crippen LogP contribution is -2.07. The van der Waals surface area contributed by atoms with Crippen molar-refractivity contribution in [3.63, 3.8) is 0 Å². The van der Waals surface area contributed by atoms with Crippen molar-refractivity contribution in [1.82, 2.24) is 5.32 Å². The van der Waals surface area contributed by atoms with Crippen molar-refractivity contribution in [2.45, 2.75) is 19.3 Å². The number of halogens is 1. The lowest BCUT2D eigenvalue weighted by atomic mass is 10.1. The smallest absolute Gasteiger partial charge is 0.0130 e. The molecule has 1 aromatic rings. The third-order valence-corrected chi connectivity index (χ3v) is 2.77. The van der Waals surface area contributed by atoms with E-state index in [9.17, 15) is 0 Å². The Bertz CT molecular complexity index is 230. The van der Waals surface area contributed by atoms with Gasteiger partial charge in [-0.3, -0.25) is 0 Å². The molecule has 0 aliphatic heterocycles. The molecule has 0 atom stereocenters. The van der Waals surface area contributed by atoms with E-state index in [1.807, 2.05) is 7.05 Å². The number of hydrogen-bond donors (Lipinski definition) is 1. The summed E-state index contributed by atoms with van der Waals surface area (Å²) in [5.41, 5.74) is 1.46. The summed E-state index contributed by atoms with van der Waals surface area (Å²) in [7, 11) is 2.00. The lowest BCUT2D eigenvalue weighted by molar-refractivity contribution is 0.677. The molecule has 0 saturated carbocycles. The van der Waals surface area contributed by atoms with Gasteiger partial charge in [0.15, 0.2) is 0 Å². The average molecular weight is 289 g/mol. The zero-order valence-corrected chi connectivity index (χ0v) is 10.2. The molecule has 0 radical (unpaired) electrons. The van der Waals surface area contributed by atoms with E-state index in [-0.39, 0.29) is 0 Å².